The van der Waals surface area contributed by atoms with Gasteiger partial charge in [0, 0.05) is 44.8 Å². The number of sulfonamides is 1. The summed E-state index contributed by atoms with van der Waals surface area (Å²) in [6.07, 6.45) is 3.04. The number of thiophene rings is 1. The number of hydrogen-bond acceptors (Lipinski definition) is 5. The van der Waals surface area contributed by atoms with Crippen molar-refractivity contribution in [3.8, 4) is 0 Å². The van der Waals surface area contributed by atoms with Crippen LogP contribution in [0.25, 0.3) is 0 Å². The molecule has 0 radical (unpaired) electrons. The highest BCUT2D eigenvalue weighted by Crippen LogP contribution is 2.33. The van der Waals surface area contributed by atoms with E-state index in [9.17, 15) is 13.2 Å². The predicted octanol–water partition coefficient (Wildman–Crippen LogP) is 1.97. The Hall–Kier alpha value is -0.670. The molecule has 2 fully saturated rings. The number of amides is 1. The molecule has 0 aliphatic carbocycles. The zero-order valence-corrected chi connectivity index (χ0v) is 17.0. The van der Waals surface area contributed by atoms with Crippen molar-refractivity contribution in [2.24, 2.45) is 0 Å². The van der Waals surface area contributed by atoms with E-state index in [1.165, 1.54) is 17.6 Å². The molecular formula is C16H24ClN3O3S2. The fourth-order valence-electron chi connectivity index (χ4n) is 3.84. The Bertz CT molecular complexity index is 744. The van der Waals surface area contributed by atoms with Crippen LogP contribution < -0.4 is 0 Å². The second-order valence-electron chi connectivity index (χ2n) is 6.81. The molecule has 1 aromatic heterocycles. The standard InChI is InChI=1S/C16H24ClN3O3S2/c1-3-16(6-7-20(12-16)25(2,22)23)19-10-8-18(9-11-19)15(21)13-4-5-14(17)24-13/h4-5H,3,6-12H2,1-2H3. The summed E-state index contributed by atoms with van der Waals surface area (Å²) in [7, 11) is -3.15. The molecule has 25 heavy (non-hydrogen) atoms. The predicted molar refractivity (Wildman–Crippen MR) is 101 cm³/mol. The van der Waals surface area contributed by atoms with Crippen molar-refractivity contribution < 1.29 is 13.2 Å². The monoisotopic (exact) mass is 405 g/mol. The van der Waals surface area contributed by atoms with Gasteiger partial charge in [0.1, 0.15) is 0 Å². The smallest absolute Gasteiger partial charge is 0.264 e. The number of carbonyl (C=O) groups is 1. The van der Waals surface area contributed by atoms with Crippen molar-refractivity contribution in [3.05, 3.63) is 21.3 Å². The molecule has 2 aliphatic heterocycles. The molecule has 9 heteroatoms. The Kier molecular flexibility index (Phi) is 5.46. The van der Waals surface area contributed by atoms with Gasteiger partial charge in [-0.05, 0) is 25.0 Å². The summed E-state index contributed by atoms with van der Waals surface area (Å²) in [4.78, 5) is 17.5. The lowest BCUT2D eigenvalue weighted by Gasteiger charge is -2.45. The summed E-state index contributed by atoms with van der Waals surface area (Å²) in [6, 6.07) is 3.52. The van der Waals surface area contributed by atoms with E-state index >= 15 is 0 Å². The Labute approximate surface area is 158 Å². The van der Waals surface area contributed by atoms with Crippen molar-refractivity contribution in [3.63, 3.8) is 0 Å². The first-order valence-corrected chi connectivity index (χ1v) is 11.5. The summed E-state index contributed by atoms with van der Waals surface area (Å²) >= 11 is 7.24. The molecule has 1 unspecified atom stereocenters. The molecule has 3 heterocycles. The van der Waals surface area contributed by atoms with Crippen LogP contribution in [0, 0.1) is 0 Å². The first-order valence-electron chi connectivity index (χ1n) is 8.50. The van der Waals surface area contributed by atoms with E-state index < -0.39 is 10.0 Å². The van der Waals surface area contributed by atoms with E-state index in [4.69, 9.17) is 11.6 Å². The number of carbonyl (C=O) groups excluding carboxylic acids is 1. The molecule has 0 N–H and O–H groups in total. The molecule has 140 valence electrons. The van der Waals surface area contributed by atoms with E-state index in [0.717, 1.165) is 25.9 Å². The first-order chi connectivity index (χ1) is 11.7. The van der Waals surface area contributed by atoms with Gasteiger partial charge in [0.05, 0.1) is 15.5 Å². The fourth-order valence-corrected chi connectivity index (χ4v) is 5.75. The van der Waals surface area contributed by atoms with E-state index in [-0.39, 0.29) is 11.4 Å². The van der Waals surface area contributed by atoms with Crippen LogP contribution in [-0.2, 0) is 10.0 Å². The summed E-state index contributed by atoms with van der Waals surface area (Å²) in [5.74, 6) is 0.0336. The number of nitrogens with zero attached hydrogens (tertiary/aromatic N) is 3. The Morgan fingerprint density at radius 1 is 1.24 bits per heavy atom. The minimum absolute atomic E-state index is 0.0336. The average Bonchev–Trinajstić information content (AvgIpc) is 3.21. The minimum Gasteiger partial charge on any atom is -0.335 e. The van der Waals surface area contributed by atoms with Crippen molar-refractivity contribution in [1.29, 1.82) is 0 Å². The van der Waals surface area contributed by atoms with Crippen LogP contribution in [0.1, 0.15) is 29.4 Å². The van der Waals surface area contributed by atoms with Gasteiger partial charge in [-0.1, -0.05) is 18.5 Å². The first kappa shape index (κ1) is 19.1. The van der Waals surface area contributed by atoms with Gasteiger partial charge in [0.25, 0.3) is 5.91 Å². The van der Waals surface area contributed by atoms with E-state index in [1.54, 1.807) is 16.4 Å². The molecule has 3 rings (SSSR count). The van der Waals surface area contributed by atoms with Crippen LogP contribution >= 0.6 is 22.9 Å². The van der Waals surface area contributed by atoms with Gasteiger partial charge in [-0.15, -0.1) is 11.3 Å². The zero-order chi connectivity index (χ0) is 18.2. The third-order valence-electron chi connectivity index (χ3n) is 5.45. The zero-order valence-electron chi connectivity index (χ0n) is 14.6. The number of rotatable bonds is 4. The molecule has 2 saturated heterocycles. The van der Waals surface area contributed by atoms with Gasteiger partial charge < -0.3 is 4.90 Å². The number of hydrogen-bond donors (Lipinski definition) is 0. The lowest BCUT2D eigenvalue weighted by molar-refractivity contribution is 0.0315. The van der Waals surface area contributed by atoms with Crippen LogP contribution in [0.15, 0.2) is 12.1 Å². The van der Waals surface area contributed by atoms with Gasteiger partial charge in [-0.3, -0.25) is 9.69 Å². The van der Waals surface area contributed by atoms with Crippen molar-refractivity contribution >= 4 is 38.9 Å². The normalized spacial score (nSPS) is 26.3. The molecular weight excluding hydrogens is 382 g/mol. The molecule has 0 aromatic carbocycles. The van der Waals surface area contributed by atoms with Gasteiger partial charge in [0.2, 0.25) is 10.0 Å². The molecule has 0 bridgehead atoms. The SMILES string of the molecule is CCC1(N2CCN(C(=O)c3ccc(Cl)s3)CC2)CCN(S(C)(=O)=O)C1. The quantitative estimate of drug-likeness (QED) is 0.768. The summed E-state index contributed by atoms with van der Waals surface area (Å²) in [5, 5.41) is 0. The second-order valence-corrected chi connectivity index (χ2v) is 10.5. The van der Waals surface area contributed by atoms with Crippen molar-refractivity contribution in [2.45, 2.75) is 25.3 Å². The molecule has 1 atom stereocenters. The molecule has 6 nitrogen and oxygen atoms in total. The van der Waals surface area contributed by atoms with Gasteiger partial charge in [0.15, 0.2) is 0 Å². The highest BCUT2D eigenvalue weighted by molar-refractivity contribution is 7.88. The molecule has 2 aliphatic rings. The van der Waals surface area contributed by atoms with E-state index in [0.29, 0.717) is 35.4 Å². The molecule has 0 saturated carbocycles. The molecule has 0 spiro atoms. The summed E-state index contributed by atoms with van der Waals surface area (Å²) in [5.41, 5.74) is -0.107. The van der Waals surface area contributed by atoms with Crippen molar-refractivity contribution in [2.75, 3.05) is 45.5 Å². The third-order valence-corrected chi connectivity index (χ3v) is 7.91. The van der Waals surface area contributed by atoms with Gasteiger partial charge in [-0.2, -0.15) is 0 Å². The Balaban J connectivity index is 1.64. The fraction of sp³-hybridized carbons (Fsp3) is 0.688. The second kappa shape index (κ2) is 7.15. The highest BCUT2D eigenvalue weighted by Gasteiger charge is 2.45. The van der Waals surface area contributed by atoms with E-state index in [1.807, 2.05) is 4.90 Å². The molecule has 1 amide bonds. The van der Waals surface area contributed by atoms with Crippen LogP contribution in [0.2, 0.25) is 4.34 Å². The highest BCUT2D eigenvalue weighted by atomic mass is 35.5. The maximum absolute atomic E-state index is 12.5. The van der Waals surface area contributed by atoms with Crippen LogP contribution in [0.5, 0.6) is 0 Å². The third kappa shape index (κ3) is 3.88. The van der Waals surface area contributed by atoms with Gasteiger partial charge in [-0.25, -0.2) is 12.7 Å². The summed E-state index contributed by atoms with van der Waals surface area (Å²) in [6.45, 7) is 6.13. The van der Waals surface area contributed by atoms with E-state index in [2.05, 4.69) is 11.8 Å². The summed E-state index contributed by atoms with van der Waals surface area (Å²) < 4.78 is 25.9. The maximum atomic E-state index is 12.5. The topological polar surface area (TPSA) is 60.9 Å². The van der Waals surface area contributed by atoms with Crippen LogP contribution in [0.3, 0.4) is 0 Å². The largest absolute Gasteiger partial charge is 0.335 e. The molecule has 1 aromatic rings. The van der Waals surface area contributed by atoms with Crippen LogP contribution in [-0.4, -0.2) is 79.5 Å². The Morgan fingerprint density at radius 2 is 1.92 bits per heavy atom. The van der Waals surface area contributed by atoms with Crippen molar-refractivity contribution in [1.82, 2.24) is 14.1 Å². The lowest BCUT2D eigenvalue weighted by Crippen LogP contribution is -2.58. The maximum Gasteiger partial charge on any atom is 0.264 e. The number of piperazine rings is 1. The Morgan fingerprint density at radius 3 is 2.40 bits per heavy atom. The van der Waals surface area contributed by atoms with Gasteiger partial charge >= 0.3 is 0 Å². The average molecular weight is 406 g/mol. The lowest BCUT2D eigenvalue weighted by atomic mass is 9.92. The minimum atomic E-state index is -3.15. The number of halogens is 1. The van der Waals surface area contributed by atoms with Crippen LogP contribution in [0.4, 0.5) is 0 Å².